The molecule has 0 aromatic heterocycles. The quantitative estimate of drug-likeness (QED) is 0.683. The van der Waals surface area contributed by atoms with Crippen molar-refractivity contribution < 1.29 is 8.42 Å². The second kappa shape index (κ2) is 6.09. The summed E-state index contributed by atoms with van der Waals surface area (Å²) in [6.45, 7) is 8.20. The Balaban J connectivity index is 4.25. The number of hydrogen-bond donors (Lipinski definition) is 0. The summed E-state index contributed by atoms with van der Waals surface area (Å²) < 4.78 is 23.1. The Morgan fingerprint density at radius 3 is 2.07 bits per heavy atom. The molecule has 0 aliphatic carbocycles. The zero-order valence-corrected chi connectivity index (χ0v) is 11.8. The van der Waals surface area contributed by atoms with Gasteiger partial charge < -0.3 is 0 Å². The molecule has 0 aliphatic heterocycles. The van der Waals surface area contributed by atoms with Gasteiger partial charge in [-0.15, -0.1) is 11.6 Å². The molecule has 0 aromatic carbocycles. The Labute approximate surface area is 99.3 Å². The Morgan fingerprint density at radius 1 is 1.20 bits per heavy atom. The summed E-state index contributed by atoms with van der Waals surface area (Å²) >= 11 is 5.86. The van der Waals surface area contributed by atoms with Gasteiger partial charge in [0, 0.05) is 11.6 Å². The average Bonchev–Trinajstić information content (AvgIpc) is 2.02. The summed E-state index contributed by atoms with van der Waals surface area (Å²) in [5, 5.41) is 0. The molecule has 1 unspecified atom stereocenters. The Bertz CT molecular complexity index is 265. The standard InChI is InChI=1S/C11H23ClO2S/c1-5-7-15(13,14)8-6-10(9-12)11(2,3)4/h10H,5-9H2,1-4H3. The van der Waals surface area contributed by atoms with Crippen LogP contribution in [0.15, 0.2) is 0 Å². The summed E-state index contributed by atoms with van der Waals surface area (Å²) in [4.78, 5) is 0. The van der Waals surface area contributed by atoms with E-state index >= 15 is 0 Å². The van der Waals surface area contributed by atoms with Crippen LogP contribution in [0, 0.1) is 11.3 Å². The van der Waals surface area contributed by atoms with Gasteiger partial charge >= 0.3 is 0 Å². The van der Waals surface area contributed by atoms with Gasteiger partial charge in [-0.2, -0.15) is 0 Å². The minimum atomic E-state index is -2.86. The van der Waals surface area contributed by atoms with Crippen LogP contribution in [0.1, 0.15) is 40.5 Å². The van der Waals surface area contributed by atoms with Crippen molar-refractivity contribution in [3.05, 3.63) is 0 Å². The van der Waals surface area contributed by atoms with E-state index in [0.29, 0.717) is 24.5 Å². The van der Waals surface area contributed by atoms with Crippen LogP contribution in [0.5, 0.6) is 0 Å². The zero-order chi connectivity index (χ0) is 12.1. The van der Waals surface area contributed by atoms with Crippen LogP contribution in [-0.2, 0) is 9.84 Å². The molecule has 0 fully saturated rings. The van der Waals surface area contributed by atoms with Gasteiger partial charge in [-0.05, 0) is 24.2 Å². The molecule has 0 saturated carbocycles. The smallest absolute Gasteiger partial charge is 0.150 e. The molecule has 92 valence electrons. The van der Waals surface area contributed by atoms with Crippen molar-refractivity contribution >= 4 is 21.4 Å². The summed E-state index contributed by atoms with van der Waals surface area (Å²) in [5.41, 5.74) is 0.0868. The molecule has 4 heteroatoms. The second-order valence-electron chi connectivity index (χ2n) is 5.16. The molecular formula is C11H23ClO2S. The first-order valence-corrected chi connectivity index (χ1v) is 7.85. The highest BCUT2D eigenvalue weighted by Crippen LogP contribution is 2.30. The molecule has 0 rings (SSSR count). The molecule has 0 aromatic rings. The normalized spacial score (nSPS) is 15.3. The second-order valence-corrected chi connectivity index (χ2v) is 7.77. The van der Waals surface area contributed by atoms with Crippen molar-refractivity contribution in [3.8, 4) is 0 Å². The van der Waals surface area contributed by atoms with Crippen molar-refractivity contribution in [3.63, 3.8) is 0 Å². The molecule has 2 nitrogen and oxygen atoms in total. The van der Waals surface area contributed by atoms with Gasteiger partial charge in [0.05, 0.1) is 5.75 Å². The van der Waals surface area contributed by atoms with Crippen LogP contribution in [0.3, 0.4) is 0 Å². The third kappa shape index (κ3) is 6.41. The Kier molecular flexibility index (Phi) is 6.19. The van der Waals surface area contributed by atoms with E-state index in [0.717, 1.165) is 0 Å². The van der Waals surface area contributed by atoms with Gasteiger partial charge in [-0.3, -0.25) is 0 Å². The van der Waals surface area contributed by atoms with Gasteiger partial charge in [0.2, 0.25) is 0 Å². The van der Waals surface area contributed by atoms with E-state index in [-0.39, 0.29) is 17.1 Å². The number of sulfone groups is 1. The predicted octanol–water partition coefficient (Wildman–Crippen LogP) is 3.10. The molecule has 0 radical (unpaired) electrons. The van der Waals surface area contributed by atoms with Crippen LogP contribution in [0.25, 0.3) is 0 Å². The lowest BCUT2D eigenvalue weighted by molar-refractivity contribution is 0.259. The van der Waals surface area contributed by atoms with E-state index in [1.165, 1.54) is 0 Å². The van der Waals surface area contributed by atoms with Gasteiger partial charge in [-0.25, -0.2) is 8.42 Å². The first kappa shape index (κ1) is 15.2. The molecule has 0 bridgehead atoms. The summed E-state index contributed by atoms with van der Waals surface area (Å²) in [5.74, 6) is 1.37. The lowest BCUT2D eigenvalue weighted by atomic mass is 9.80. The van der Waals surface area contributed by atoms with E-state index in [2.05, 4.69) is 20.8 Å². The Morgan fingerprint density at radius 2 is 1.73 bits per heavy atom. The molecule has 0 N–H and O–H groups in total. The first-order valence-electron chi connectivity index (χ1n) is 5.49. The maximum absolute atomic E-state index is 11.5. The van der Waals surface area contributed by atoms with Crippen LogP contribution < -0.4 is 0 Å². The first-order chi connectivity index (χ1) is 6.73. The number of rotatable bonds is 6. The molecule has 0 heterocycles. The third-order valence-corrected chi connectivity index (χ3v) is 4.96. The lowest BCUT2D eigenvalue weighted by Gasteiger charge is -2.28. The van der Waals surface area contributed by atoms with Crippen molar-refractivity contribution in [1.29, 1.82) is 0 Å². The molecule has 0 amide bonds. The highest BCUT2D eigenvalue weighted by atomic mass is 35.5. The highest BCUT2D eigenvalue weighted by molar-refractivity contribution is 7.91. The van der Waals surface area contributed by atoms with Gasteiger partial charge in [0.1, 0.15) is 9.84 Å². The average molecular weight is 255 g/mol. The molecule has 0 spiro atoms. The SMILES string of the molecule is CCCS(=O)(=O)CCC(CCl)C(C)(C)C. The molecule has 1 atom stereocenters. The van der Waals surface area contributed by atoms with Crippen LogP contribution >= 0.6 is 11.6 Å². The molecule has 0 saturated heterocycles. The topological polar surface area (TPSA) is 34.1 Å². The van der Waals surface area contributed by atoms with Crippen molar-refractivity contribution in [2.45, 2.75) is 40.5 Å². The number of alkyl halides is 1. The van der Waals surface area contributed by atoms with E-state index in [1.807, 2.05) is 6.92 Å². The summed E-state index contributed by atoms with van der Waals surface area (Å²) in [6, 6.07) is 0. The summed E-state index contributed by atoms with van der Waals surface area (Å²) in [7, 11) is -2.86. The van der Waals surface area contributed by atoms with Gasteiger partial charge in [0.15, 0.2) is 0 Å². The fourth-order valence-corrected chi connectivity index (χ4v) is 3.56. The maximum atomic E-state index is 11.5. The maximum Gasteiger partial charge on any atom is 0.150 e. The lowest BCUT2D eigenvalue weighted by Crippen LogP contribution is -2.25. The van der Waals surface area contributed by atoms with Crippen LogP contribution in [0.4, 0.5) is 0 Å². The minimum absolute atomic E-state index is 0.0868. The molecule has 0 aliphatic rings. The molecular weight excluding hydrogens is 232 g/mol. The van der Waals surface area contributed by atoms with E-state index < -0.39 is 9.84 Å². The van der Waals surface area contributed by atoms with Crippen LogP contribution in [-0.4, -0.2) is 25.8 Å². The monoisotopic (exact) mass is 254 g/mol. The predicted molar refractivity (Wildman–Crippen MR) is 67.2 cm³/mol. The minimum Gasteiger partial charge on any atom is -0.229 e. The van der Waals surface area contributed by atoms with Crippen molar-refractivity contribution in [2.24, 2.45) is 11.3 Å². The highest BCUT2D eigenvalue weighted by Gasteiger charge is 2.25. The van der Waals surface area contributed by atoms with Gasteiger partial charge in [0.25, 0.3) is 0 Å². The summed E-state index contributed by atoms with van der Waals surface area (Å²) in [6.07, 6.45) is 1.37. The number of halogens is 1. The van der Waals surface area contributed by atoms with E-state index in [9.17, 15) is 8.42 Å². The Hall–Kier alpha value is 0.240. The largest absolute Gasteiger partial charge is 0.229 e. The van der Waals surface area contributed by atoms with Crippen LogP contribution in [0.2, 0.25) is 0 Å². The number of hydrogen-bond acceptors (Lipinski definition) is 2. The molecule has 15 heavy (non-hydrogen) atoms. The van der Waals surface area contributed by atoms with E-state index in [1.54, 1.807) is 0 Å². The van der Waals surface area contributed by atoms with Crippen molar-refractivity contribution in [2.75, 3.05) is 17.4 Å². The fraction of sp³-hybridized carbons (Fsp3) is 1.00. The van der Waals surface area contributed by atoms with E-state index in [4.69, 9.17) is 11.6 Å². The zero-order valence-electron chi connectivity index (χ0n) is 10.2. The third-order valence-electron chi connectivity index (χ3n) is 2.70. The van der Waals surface area contributed by atoms with Crippen molar-refractivity contribution in [1.82, 2.24) is 0 Å². The van der Waals surface area contributed by atoms with Gasteiger partial charge in [-0.1, -0.05) is 27.7 Å². The fourth-order valence-electron chi connectivity index (χ4n) is 1.48.